The summed E-state index contributed by atoms with van der Waals surface area (Å²) in [4.78, 5) is 9.12. The quantitative estimate of drug-likeness (QED) is 0.817. The van der Waals surface area contributed by atoms with Gasteiger partial charge in [-0.2, -0.15) is 5.10 Å². The predicted molar refractivity (Wildman–Crippen MR) is 85.7 cm³/mol. The molecule has 2 heterocycles. The van der Waals surface area contributed by atoms with Gasteiger partial charge in [-0.3, -0.25) is 4.68 Å². The lowest BCUT2D eigenvalue weighted by atomic mass is 10.2. The highest BCUT2D eigenvalue weighted by Crippen LogP contribution is 2.20. The van der Waals surface area contributed by atoms with E-state index in [2.05, 4.69) is 39.5 Å². The minimum atomic E-state index is 0.809. The summed E-state index contributed by atoms with van der Waals surface area (Å²) in [5.41, 5.74) is 2.15. The van der Waals surface area contributed by atoms with Crippen molar-refractivity contribution in [1.29, 1.82) is 0 Å². The van der Waals surface area contributed by atoms with Gasteiger partial charge < -0.3 is 10.6 Å². The molecule has 0 atom stereocenters. The molecule has 0 fully saturated rings. The van der Waals surface area contributed by atoms with Crippen LogP contribution in [0.2, 0.25) is 0 Å². The van der Waals surface area contributed by atoms with Gasteiger partial charge in [-0.05, 0) is 19.9 Å². The van der Waals surface area contributed by atoms with Gasteiger partial charge in [0, 0.05) is 44.7 Å². The lowest BCUT2D eigenvalue weighted by molar-refractivity contribution is 0.741. The fourth-order valence-corrected chi connectivity index (χ4v) is 2.14. The van der Waals surface area contributed by atoms with Crippen LogP contribution in [0.3, 0.4) is 0 Å². The second kappa shape index (κ2) is 7.06. The van der Waals surface area contributed by atoms with Gasteiger partial charge in [0.2, 0.25) is 0 Å². The maximum absolute atomic E-state index is 4.58. The fourth-order valence-electron chi connectivity index (χ4n) is 2.14. The first-order chi connectivity index (χ1) is 10.1. The van der Waals surface area contributed by atoms with Gasteiger partial charge in [0.15, 0.2) is 0 Å². The van der Waals surface area contributed by atoms with E-state index in [0.717, 1.165) is 54.6 Å². The molecule has 0 saturated carbocycles. The van der Waals surface area contributed by atoms with E-state index in [1.807, 2.05) is 30.9 Å². The Morgan fingerprint density at radius 2 is 1.86 bits per heavy atom. The summed E-state index contributed by atoms with van der Waals surface area (Å²) in [7, 11) is 1.93. The largest absolute Gasteiger partial charge is 0.370 e. The van der Waals surface area contributed by atoms with E-state index in [1.165, 1.54) is 0 Å². The van der Waals surface area contributed by atoms with Crippen LogP contribution >= 0.6 is 0 Å². The number of aromatic nitrogens is 4. The molecule has 0 bridgehead atoms. The van der Waals surface area contributed by atoms with Crippen LogP contribution in [0.15, 0.2) is 12.3 Å². The lowest BCUT2D eigenvalue weighted by Crippen LogP contribution is -2.13. The van der Waals surface area contributed by atoms with E-state index in [9.17, 15) is 0 Å². The Morgan fingerprint density at radius 1 is 1.14 bits per heavy atom. The van der Waals surface area contributed by atoms with Crippen molar-refractivity contribution in [2.45, 2.75) is 33.6 Å². The summed E-state index contributed by atoms with van der Waals surface area (Å²) in [6, 6.07) is 2.04. The van der Waals surface area contributed by atoms with Crippen molar-refractivity contribution in [1.82, 2.24) is 19.7 Å². The summed E-state index contributed by atoms with van der Waals surface area (Å²) >= 11 is 0. The van der Waals surface area contributed by atoms with Crippen molar-refractivity contribution in [3.8, 4) is 0 Å². The van der Waals surface area contributed by atoms with Crippen molar-refractivity contribution in [2.24, 2.45) is 7.05 Å². The van der Waals surface area contributed by atoms with Gasteiger partial charge in [0.25, 0.3) is 0 Å². The van der Waals surface area contributed by atoms with Gasteiger partial charge in [-0.15, -0.1) is 0 Å². The van der Waals surface area contributed by atoms with E-state index in [-0.39, 0.29) is 0 Å². The minimum Gasteiger partial charge on any atom is -0.370 e. The average molecular weight is 288 g/mol. The van der Waals surface area contributed by atoms with E-state index in [0.29, 0.717) is 0 Å². The van der Waals surface area contributed by atoms with Crippen molar-refractivity contribution >= 4 is 11.6 Å². The van der Waals surface area contributed by atoms with Crippen LogP contribution in [0.5, 0.6) is 0 Å². The van der Waals surface area contributed by atoms with Crippen LogP contribution in [0.1, 0.15) is 30.9 Å². The molecule has 114 valence electrons. The molecular weight excluding hydrogens is 264 g/mol. The Bertz CT molecular complexity index is 590. The summed E-state index contributed by atoms with van der Waals surface area (Å²) in [6.07, 6.45) is 3.67. The Hall–Kier alpha value is -2.11. The molecule has 2 aromatic heterocycles. The molecule has 0 aliphatic rings. The van der Waals surface area contributed by atoms with Gasteiger partial charge in [-0.25, -0.2) is 9.97 Å². The Kier molecular flexibility index (Phi) is 5.14. The SMILES string of the molecule is CCNc1nc(CC)nc(NCCc2ccn(C)n2)c1C. The Balaban J connectivity index is 2.05. The standard InChI is InChI=1S/C15H24N6/c1-5-13-18-14(16-6-2)11(3)15(19-13)17-9-7-12-8-10-21(4)20-12/h8,10H,5-7,9H2,1-4H3,(H2,16,17,18,19). The molecule has 0 radical (unpaired) electrons. The molecule has 6 heteroatoms. The molecular formula is C15H24N6. The predicted octanol–water partition coefficient (Wildman–Crippen LogP) is 2.17. The van der Waals surface area contributed by atoms with Crippen LogP contribution in [-0.4, -0.2) is 32.8 Å². The minimum absolute atomic E-state index is 0.809. The first-order valence-electron chi connectivity index (χ1n) is 7.47. The van der Waals surface area contributed by atoms with Gasteiger partial charge in [-0.1, -0.05) is 6.92 Å². The second-order valence-electron chi connectivity index (χ2n) is 5.00. The zero-order valence-electron chi connectivity index (χ0n) is 13.3. The maximum Gasteiger partial charge on any atom is 0.134 e. The number of hydrogen-bond acceptors (Lipinski definition) is 5. The van der Waals surface area contributed by atoms with Crippen LogP contribution in [0.4, 0.5) is 11.6 Å². The Labute approximate surface area is 126 Å². The van der Waals surface area contributed by atoms with Crippen LogP contribution in [-0.2, 0) is 19.9 Å². The first-order valence-corrected chi connectivity index (χ1v) is 7.47. The molecule has 0 saturated heterocycles. The average Bonchev–Trinajstić information content (AvgIpc) is 2.88. The van der Waals surface area contributed by atoms with Crippen molar-refractivity contribution in [3.63, 3.8) is 0 Å². The third-order valence-electron chi connectivity index (χ3n) is 3.30. The normalized spacial score (nSPS) is 10.7. The molecule has 0 spiro atoms. The summed E-state index contributed by atoms with van der Waals surface area (Å²) < 4.78 is 1.82. The third-order valence-corrected chi connectivity index (χ3v) is 3.30. The third kappa shape index (κ3) is 3.93. The number of nitrogens with one attached hydrogen (secondary N) is 2. The number of rotatable bonds is 7. The molecule has 21 heavy (non-hydrogen) atoms. The molecule has 0 unspecified atom stereocenters. The summed E-state index contributed by atoms with van der Waals surface area (Å²) in [6.45, 7) is 7.85. The molecule has 2 aromatic rings. The fraction of sp³-hybridized carbons (Fsp3) is 0.533. The zero-order valence-corrected chi connectivity index (χ0v) is 13.3. The monoisotopic (exact) mass is 288 g/mol. The second-order valence-corrected chi connectivity index (χ2v) is 5.00. The Morgan fingerprint density at radius 3 is 2.43 bits per heavy atom. The number of aryl methyl sites for hydroxylation is 2. The summed E-state index contributed by atoms with van der Waals surface area (Å²) in [5.74, 6) is 2.69. The van der Waals surface area contributed by atoms with Gasteiger partial charge in [0.1, 0.15) is 17.5 Å². The molecule has 0 amide bonds. The molecule has 0 aliphatic heterocycles. The van der Waals surface area contributed by atoms with Crippen LogP contribution < -0.4 is 10.6 Å². The molecule has 2 rings (SSSR count). The van der Waals surface area contributed by atoms with Crippen molar-refractivity contribution in [3.05, 3.63) is 29.3 Å². The number of nitrogens with zero attached hydrogens (tertiary/aromatic N) is 4. The van der Waals surface area contributed by atoms with Gasteiger partial charge >= 0.3 is 0 Å². The van der Waals surface area contributed by atoms with E-state index >= 15 is 0 Å². The van der Waals surface area contributed by atoms with E-state index in [4.69, 9.17) is 0 Å². The topological polar surface area (TPSA) is 67.7 Å². The van der Waals surface area contributed by atoms with Gasteiger partial charge in [0.05, 0.1) is 5.69 Å². The highest BCUT2D eigenvalue weighted by molar-refractivity contribution is 5.57. The highest BCUT2D eigenvalue weighted by Gasteiger charge is 2.09. The first kappa shape index (κ1) is 15.3. The van der Waals surface area contributed by atoms with Crippen LogP contribution in [0, 0.1) is 6.92 Å². The smallest absolute Gasteiger partial charge is 0.134 e. The lowest BCUT2D eigenvalue weighted by Gasteiger charge is -2.14. The molecule has 2 N–H and O–H groups in total. The highest BCUT2D eigenvalue weighted by atomic mass is 15.2. The molecule has 0 aromatic carbocycles. The van der Waals surface area contributed by atoms with E-state index < -0.39 is 0 Å². The molecule has 0 aliphatic carbocycles. The van der Waals surface area contributed by atoms with Crippen molar-refractivity contribution < 1.29 is 0 Å². The number of hydrogen-bond donors (Lipinski definition) is 2. The summed E-state index contributed by atoms with van der Waals surface area (Å²) in [5, 5.41) is 11.1. The van der Waals surface area contributed by atoms with E-state index in [1.54, 1.807) is 0 Å². The zero-order chi connectivity index (χ0) is 15.2. The maximum atomic E-state index is 4.58. The van der Waals surface area contributed by atoms with Crippen LogP contribution in [0.25, 0.3) is 0 Å². The number of anilines is 2. The molecule has 6 nitrogen and oxygen atoms in total. The van der Waals surface area contributed by atoms with Crippen molar-refractivity contribution in [2.75, 3.05) is 23.7 Å².